The number of hydroxylamine groups is 1. The number of carbonyl (C=O) groups is 1. The van der Waals surface area contributed by atoms with Crippen LogP contribution in [0.1, 0.15) is 45.4 Å². The van der Waals surface area contributed by atoms with Crippen LogP contribution in [0.4, 0.5) is 4.39 Å². The fourth-order valence-corrected chi connectivity index (χ4v) is 6.81. The number of rotatable bonds is 8. The average Bonchev–Trinajstić information content (AvgIpc) is 3.06. The Morgan fingerprint density at radius 3 is 2.81 bits per heavy atom. The van der Waals surface area contributed by atoms with Gasteiger partial charge in [-0.15, -0.1) is 0 Å². The molecule has 3 saturated heterocycles. The van der Waals surface area contributed by atoms with Gasteiger partial charge >= 0.3 is 0 Å². The molecule has 0 spiro atoms. The molecule has 0 aromatic carbocycles. The lowest BCUT2D eigenvalue weighted by Gasteiger charge is -2.48. The zero-order chi connectivity index (χ0) is 22.7. The predicted molar refractivity (Wildman–Crippen MR) is 116 cm³/mol. The fourth-order valence-electron chi connectivity index (χ4n) is 5.08. The van der Waals surface area contributed by atoms with Crippen LogP contribution in [0.2, 0.25) is 0 Å². The molecular formula is C21H32FN5O4S. The third-order valence-corrected chi connectivity index (χ3v) is 8.52. The molecule has 4 heterocycles. The van der Waals surface area contributed by atoms with Gasteiger partial charge in [-0.3, -0.25) is 14.9 Å². The number of likely N-dealkylation sites (tertiary alicyclic amines) is 1. The first-order valence-corrected chi connectivity index (χ1v) is 12.4. The summed E-state index contributed by atoms with van der Waals surface area (Å²) in [6.45, 7) is 5.39. The topological polar surface area (TPSA) is 98.2 Å². The fraction of sp³-hybridized carbons (Fsp3) is 0.714. The molecule has 4 rings (SSSR count). The second-order valence-electron chi connectivity index (χ2n) is 8.87. The molecule has 178 valence electrons. The average molecular weight is 470 g/mol. The second kappa shape index (κ2) is 10.1. The zero-order valence-electron chi connectivity index (χ0n) is 18.4. The van der Waals surface area contributed by atoms with Gasteiger partial charge in [-0.25, -0.2) is 23.4 Å². The van der Waals surface area contributed by atoms with Gasteiger partial charge in [-0.1, -0.05) is 13.3 Å². The number of carbonyl (C=O) groups excluding carboxylic acids is 1. The number of amides is 1. The van der Waals surface area contributed by atoms with Crippen LogP contribution in [0.3, 0.4) is 0 Å². The Morgan fingerprint density at radius 2 is 2.16 bits per heavy atom. The lowest BCUT2D eigenvalue weighted by molar-refractivity contribution is -0.141. The minimum Gasteiger partial charge on any atom is -0.474 e. The first kappa shape index (κ1) is 23.5. The van der Waals surface area contributed by atoms with Crippen molar-refractivity contribution in [1.82, 2.24) is 24.0 Å². The predicted octanol–water partition coefficient (Wildman–Crippen LogP) is 1.47. The van der Waals surface area contributed by atoms with Gasteiger partial charge in [0.15, 0.2) is 11.2 Å². The molecule has 0 saturated carbocycles. The van der Waals surface area contributed by atoms with Gasteiger partial charge in [0.1, 0.15) is 17.5 Å². The summed E-state index contributed by atoms with van der Waals surface area (Å²) in [6.07, 6.45) is 5.82. The summed E-state index contributed by atoms with van der Waals surface area (Å²) < 4.78 is 36.3. The standard InChI is InChI=1S/C21H32FN5O4S/c1-2-3-10-25-14-17-6-9-21(15-25,20(28)24-29)27(17)32(30)26-11-7-18(8-12-26)31-19-5-4-16(22)13-23-19/h4-5,13,17-18,29H,2-3,6-12,14-15H2,1H3,(H,24,28). The number of hydrogen-bond acceptors (Lipinski definition) is 6. The Bertz CT molecular complexity index is 823. The van der Waals surface area contributed by atoms with Crippen LogP contribution in [0, 0.1) is 5.82 Å². The van der Waals surface area contributed by atoms with E-state index in [-0.39, 0.29) is 12.1 Å². The van der Waals surface area contributed by atoms with Crippen molar-refractivity contribution in [2.24, 2.45) is 0 Å². The van der Waals surface area contributed by atoms with Gasteiger partial charge in [-0.05, 0) is 44.7 Å². The van der Waals surface area contributed by atoms with Crippen LogP contribution in [-0.2, 0) is 16.0 Å². The largest absolute Gasteiger partial charge is 0.474 e. The molecule has 3 atom stereocenters. The van der Waals surface area contributed by atoms with Crippen molar-refractivity contribution >= 4 is 17.1 Å². The lowest BCUT2D eigenvalue weighted by atomic mass is 9.95. The highest BCUT2D eigenvalue weighted by atomic mass is 32.2. The van der Waals surface area contributed by atoms with Crippen molar-refractivity contribution in [2.75, 3.05) is 32.7 Å². The number of ether oxygens (including phenoxy) is 1. The molecule has 11 heteroatoms. The summed E-state index contributed by atoms with van der Waals surface area (Å²) in [6, 6.07) is 2.83. The second-order valence-corrected chi connectivity index (χ2v) is 10.2. The number of nitrogens with one attached hydrogen (secondary N) is 1. The number of halogens is 1. The third kappa shape index (κ3) is 4.67. The first-order chi connectivity index (χ1) is 15.5. The van der Waals surface area contributed by atoms with Gasteiger partial charge < -0.3 is 4.74 Å². The van der Waals surface area contributed by atoms with Crippen molar-refractivity contribution in [3.63, 3.8) is 0 Å². The highest BCUT2D eigenvalue weighted by Gasteiger charge is 2.59. The molecular weight excluding hydrogens is 437 g/mol. The Balaban J connectivity index is 1.41. The van der Waals surface area contributed by atoms with E-state index in [9.17, 15) is 18.6 Å². The monoisotopic (exact) mass is 469 g/mol. The molecule has 2 bridgehead atoms. The molecule has 3 unspecified atom stereocenters. The molecule has 2 N–H and O–H groups in total. The summed E-state index contributed by atoms with van der Waals surface area (Å²) in [5.74, 6) is -0.506. The molecule has 3 fully saturated rings. The van der Waals surface area contributed by atoms with Gasteiger partial charge in [0.2, 0.25) is 5.88 Å². The summed E-state index contributed by atoms with van der Waals surface area (Å²) in [4.78, 5) is 19.0. The van der Waals surface area contributed by atoms with Crippen molar-refractivity contribution < 1.29 is 23.3 Å². The van der Waals surface area contributed by atoms with Crippen LogP contribution in [0.15, 0.2) is 18.3 Å². The molecule has 9 nitrogen and oxygen atoms in total. The Morgan fingerprint density at radius 1 is 1.38 bits per heavy atom. The molecule has 1 amide bonds. The molecule has 1 aromatic heterocycles. The van der Waals surface area contributed by atoms with E-state index in [4.69, 9.17) is 4.74 Å². The number of unbranched alkanes of at least 4 members (excludes halogenated alkanes) is 1. The maximum atomic E-state index is 13.7. The molecule has 0 radical (unpaired) electrons. The Kier molecular flexibility index (Phi) is 7.40. The molecule has 3 aliphatic heterocycles. The highest BCUT2D eigenvalue weighted by molar-refractivity contribution is 7.80. The first-order valence-electron chi connectivity index (χ1n) is 11.4. The van der Waals surface area contributed by atoms with Crippen LogP contribution in [0.25, 0.3) is 0 Å². The van der Waals surface area contributed by atoms with Crippen molar-refractivity contribution in [3.8, 4) is 5.88 Å². The van der Waals surface area contributed by atoms with E-state index < -0.39 is 28.4 Å². The van der Waals surface area contributed by atoms with E-state index in [0.717, 1.165) is 38.5 Å². The number of hydrogen-bond donors (Lipinski definition) is 2. The van der Waals surface area contributed by atoms with Crippen LogP contribution < -0.4 is 10.2 Å². The molecule has 1 aromatic rings. The maximum absolute atomic E-state index is 13.7. The highest BCUT2D eigenvalue weighted by Crippen LogP contribution is 2.41. The lowest BCUT2D eigenvalue weighted by Crippen LogP contribution is -2.69. The summed E-state index contributed by atoms with van der Waals surface area (Å²) in [5, 5.41) is 9.46. The molecule has 0 aliphatic carbocycles. The van der Waals surface area contributed by atoms with Crippen molar-refractivity contribution in [3.05, 3.63) is 24.1 Å². The number of fused-ring (bicyclic) bond motifs is 2. The summed E-state index contributed by atoms with van der Waals surface area (Å²) >= 11 is -1.49. The zero-order valence-corrected chi connectivity index (χ0v) is 19.2. The van der Waals surface area contributed by atoms with E-state index in [1.165, 1.54) is 12.1 Å². The number of aromatic nitrogens is 1. The molecule has 32 heavy (non-hydrogen) atoms. The number of piperidine rings is 1. The number of piperazine rings is 1. The van der Waals surface area contributed by atoms with E-state index in [0.29, 0.717) is 44.8 Å². The van der Waals surface area contributed by atoms with Crippen molar-refractivity contribution in [2.45, 2.75) is 63.1 Å². The number of nitrogens with zero attached hydrogens (tertiary/aromatic N) is 4. The van der Waals surface area contributed by atoms with E-state index in [1.54, 1.807) is 0 Å². The van der Waals surface area contributed by atoms with Crippen LogP contribution in [-0.4, -0.2) is 84.2 Å². The van der Waals surface area contributed by atoms with Crippen LogP contribution in [0.5, 0.6) is 5.88 Å². The Hall–Kier alpha value is -1.66. The van der Waals surface area contributed by atoms with Crippen molar-refractivity contribution in [1.29, 1.82) is 0 Å². The third-order valence-electron chi connectivity index (χ3n) is 6.73. The normalized spacial score (nSPS) is 28.5. The quantitative estimate of drug-likeness (QED) is 0.442. The maximum Gasteiger partial charge on any atom is 0.266 e. The SMILES string of the molecule is CCCCN1CC2CCC(C(=O)NO)(C1)N2S(=O)N1CCC(Oc2ccc(F)cn2)CC1. The summed E-state index contributed by atoms with van der Waals surface area (Å²) in [5.41, 5.74) is 0.858. The van der Waals surface area contributed by atoms with Gasteiger partial charge in [0.05, 0.1) is 6.20 Å². The van der Waals surface area contributed by atoms with E-state index >= 15 is 0 Å². The number of pyridine rings is 1. The van der Waals surface area contributed by atoms with E-state index in [2.05, 4.69) is 16.8 Å². The summed E-state index contributed by atoms with van der Waals surface area (Å²) in [7, 11) is 0. The van der Waals surface area contributed by atoms with Gasteiger partial charge in [-0.2, -0.15) is 4.31 Å². The van der Waals surface area contributed by atoms with E-state index in [1.807, 2.05) is 14.1 Å². The minimum atomic E-state index is -1.49. The smallest absolute Gasteiger partial charge is 0.266 e. The van der Waals surface area contributed by atoms with Crippen LogP contribution >= 0.6 is 0 Å². The minimum absolute atomic E-state index is 0.0103. The van der Waals surface area contributed by atoms with Gasteiger partial charge in [0, 0.05) is 38.3 Å². The molecule has 3 aliphatic rings. The van der Waals surface area contributed by atoms with Gasteiger partial charge in [0.25, 0.3) is 5.91 Å². The Labute approximate surface area is 190 Å².